The van der Waals surface area contributed by atoms with Gasteiger partial charge in [0.25, 0.3) is 0 Å². The van der Waals surface area contributed by atoms with Gasteiger partial charge in [-0.25, -0.2) is 4.39 Å². The molecule has 0 radical (unpaired) electrons. The van der Waals surface area contributed by atoms with E-state index in [1.807, 2.05) is 0 Å². The van der Waals surface area contributed by atoms with E-state index in [0.717, 1.165) is 19.4 Å². The predicted molar refractivity (Wildman–Crippen MR) is 38.7 cm³/mol. The summed E-state index contributed by atoms with van der Waals surface area (Å²) in [4.78, 5) is 2.43. The number of hydrogen-bond acceptors (Lipinski definition) is 1. The Balaban J connectivity index is 1.96. The zero-order chi connectivity index (χ0) is 7.14. The molecule has 3 rings (SSSR count). The third-order valence-electron chi connectivity index (χ3n) is 2.90. The molecule has 0 spiro atoms. The van der Waals surface area contributed by atoms with Gasteiger partial charge in [0.05, 0.1) is 0 Å². The molecule has 3 fully saturated rings. The minimum atomic E-state index is -0.494. The second kappa shape index (κ2) is 2.19. The van der Waals surface area contributed by atoms with Crippen molar-refractivity contribution < 1.29 is 4.39 Å². The number of rotatable bonds is 1. The van der Waals surface area contributed by atoms with Crippen molar-refractivity contribution in [2.45, 2.75) is 44.4 Å². The molecular formula is C8H14FN. The molecule has 58 valence electrons. The molecule has 2 unspecified atom stereocenters. The van der Waals surface area contributed by atoms with Gasteiger partial charge in [-0.15, -0.1) is 0 Å². The van der Waals surface area contributed by atoms with E-state index in [-0.39, 0.29) is 0 Å². The van der Waals surface area contributed by atoms with Crippen molar-refractivity contribution >= 4 is 0 Å². The summed E-state index contributed by atoms with van der Waals surface area (Å²) in [5.74, 6) is 0. The van der Waals surface area contributed by atoms with E-state index < -0.39 is 6.17 Å². The van der Waals surface area contributed by atoms with E-state index in [2.05, 4.69) is 11.8 Å². The molecule has 2 aliphatic heterocycles. The van der Waals surface area contributed by atoms with Crippen LogP contribution in [0.4, 0.5) is 4.39 Å². The smallest absolute Gasteiger partial charge is 0.103 e. The first-order valence-electron chi connectivity index (χ1n) is 4.21. The van der Waals surface area contributed by atoms with Crippen molar-refractivity contribution in [2.75, 3.05) is 6.54 Å². The second-order valence-corrected chi connectivity index (χ2v) is 3.44. The van der Waals surface area contributed by atoms with Crippen LogP contribution in [0.1, 0.15) is 26.2 Å². The summed E-state index contributed by atoms with van der Waals surface area (Å²) >= 11 is 0. The fraction of sp³-hybridized carbons (Fsp3) is 1.00. The Hall–Kier alpha value is -0.110. The molecule has 0 N–H and O–H groups in total. The number of fused-ring (bicyclic) bond motifs is 2. The van der Waals surface area contributed by atoms with E-state index in [0.29, 0.717) is 12.1 Å². The molecule has 1 nitrogen and oxygen atoms in total. The van der Waals surface area contributed by atoms with Crippen LogP contribution in [0.25, 0.3) is 0 Å². The Morgan fingerprint density at radius 3 is 2.40 bits per heavy atom. The molecule has 0 aromatic heterocycles. The average molecular weight is 143 g/mol. The molecule has 0 amide bonds. The van der Waals surface area contributed by atoms with Crippen molar-refractivity contribution in [1.29, 1.82) is 0 Å². The summed E-state index contributed by atoms with van der Waals surface area (Å²) in [7, 11) is 0. The molecule has 3 aliphatic rings. The topological polar surface area (TPSA) is 3.24 Å². The van der Waals surface area contributed by atoms with Gasteiger partial charge >= 0.3 is 0 Å². The van der Waals surface area contributed by atoms with Gasteiger partial charge in [-0.3, -0.25) is 4.90 Å². The van der Waals surface area contributed by atoms with Gasteiger partial charge in [0.1, 0.15) is 6.17 Å². The van der Waals surface area contributed by atoms with Crippen LogP contribution < -0.4 is 0 Å². The maximum absolute atomic E-state index is 12.7. The Morgan fingerprint density at radius 2 is 1.90 bits per heavy atom. The van der Waals surface area contributed by atoms with Gasteiger partial charge in [-0.1, -0.05) is 6.92 Å². The van der Waals surface area contributed by atoms with Crippen LogP contribution in [0.5, 0.6) is 0 Å². The Bertz CT molecular complexity index is 125. The molecule has 2 atom stereocenters. The molecule has 2 bridgehead atoms. The zero-order valence-corrected chi connectivity index (χ0v) is 6.39. The molecule has 2 heterocycles. The van der Waals surface area contributed by atoms with Crippen molar-refractivity contribution in [3.63, 3.8) is 0 Å². The lowest BCUT2D eigenvalue weighted by Crippen LogP contribution is -2.60. The maximum atomic E-state index is 12.7. The first kappa shape index (κ1) is 6.59. The van der Waals surface area contributed by atoms with Crippen LogP contribution in [-0.2, 0) is 0 Å². The second-order valence-electron chi connectivity index (χ2n) is 3.44. The molecule has 1 aliphatic carbocycles. The average Bonchev–Trinajstić information content (AvgIpc) is 1.87. The first-order chi connectivity index (χ1) is 4.81. The van der Waals surface area contributed by atoms with Gasteiger partial charge < -0.3 is 0 Å². The number of hydrogen-bond donors (Lipinski definition) is 0. The van der Waals surface area contributed by atoms with E-state index in [9.17, 15) is 4.39 Å². The van der Waals surface area contributed by atoms with Crippen LogP contribution in [-0.4, -0.2) is 29.7 Å². The fourth-order valence-electron chi connectivity index (χ4n) is 2.41. The molecule has 2 saturated heterocycles. The molecule has 0 aromatic rings. The molecule has 10 heavy (non-hydrogen) atoms. The molecule has 0 aromatic carbocycles. The number of nitrogens with zero attached hydrogens (tertiary/aromatic N) is 1. The summed E-state index contributed by atoms with van der Waals surface area (Å²) < 4.78 is 12.7. The van der Waals surface area contributed by atoms with Crippen molar-refractivity contribution in [3.05, 3.63) is 0 Å². The van der Waals surface area contributed by atoms with Crippen LogP contribution in [0.2, 0.25) is 0 Å². The van der Waals surface area contributed by atoms with Gasteiger partial charge in [0.15, 0.2) is 0 Å². The normalized spacial score (nSPS) is 46.8. The maximum Gasteiger partial charge on any atom is 0.103 e. The van der Waals surface area contributed by atoms with Crippen molar-refractivity contribution in [1.82, 2.24) is 4.90 Å². The summed E-state index contributed by atoms with van der Waals surface area (Å²) in [5, 5.41) is 0. The van der Waals surface area contributed by atoms with Crippen molar-refractivity contribution in [3.8, 4) is 0 Å². The third kappa shape index (κ3) is 0.782. The largest absolute Gasteiger partial charge is 0.297 e. The lowest BCUT2D eigenvalue weighted by atomic mass is 9.79. The summed E-state index contributed by atoms with van der Waals surface area (Å²) in [5.41, 5.74) is 0. The van der Waals surface area contributed by atoms with E-state index in [1.165, 1.54) is 6.42 Å². The highest BCUT2D eigenvalue weighted by atomic mass is 19.1. The Kier molecular flexibility index (Phi) is 1.44. The first-order valence-corrected chi connectivity index (χ1v) is 4.21. The minimum Gasteiger partial charge on any atom is -0.297 e. The van der Waals surface area contributed by atoms with Gasteiger partial charge in [0.2, 0.25) is 0 Å². The highest BCUT2D eigenvalue weighted by Gasteiger charge is 2.44. The Morgan fingerprint density at radius 1 is 1.30 bits per heavy atom. The van der Waals surface area contributed by atoms with E-state index in [1.54, 1.807) is 0 Å². The number of alkyl halides is 1. The standard InChI is InChI=1S/C8H14FN/c1-2-10-7-3-6(9)4-8(10)5-7/h6-8H,2-5H2,1H3. The molecule has 1 saturated carbocycles. The number of halogens is 1. The lowest BCUT2D eigenvalue weighted by Gasteiger charge is -2.53. The lowest BCUT2D eigenvalue weighted by molar-refractivity contribution is -0.0550. The van der Waals surface area contributed by atoms with Crippen LogP contribution in [0.15, 0.2) is 0 Å². The van der Waals surface area contributed by atoms with E-state index >= 15 is 0 Å². The highest BCUT2D eigenvalue weighted by molar-refractivity contribution is 4.99. The van der Waals surface area contributed by atoms with Crippen LogP contribution in [0.3, 0.4) is 0 Å². The summed E-state index contributed by atoms with van der Waals surface area (Å²) in [6.45, 7) is 3.28. The summed E-state index contributed by atoms with van der Waals surface area (Å²) in [6, 6.07) is 1.19. The zero-order valence-electron chi connectivity index (χ0n) is 6.39. The molecule has 2 heteroatoms. The van der Waals surface area contributed by atoms with Gasteiger partial charge in [-0.05, 0) is 25.8 Å². The highest BCUT2D eigenvalue weighted by Crippen LogP contribution is 2.38. The third-order valence-corrected chi connectivity index (χ3v) is 2.90. The molecular weight excluding hydrogens is 129 g/mol. The van der Waals surface area contributed by atoms with Gasteiger partial charge in [-0.2, -0.15) is 0 Å². The SMILES string of the molecule is CCN1C2CC(F)CC1C2. The fourth-order valence-corrected chi connectivity index (χ4v) is 2.41. The predicted octanol–water partition coefficient (Wildman–Crippen LogP) is 1.58. The monoisotopic (exact) mass is 143 g/mol. The van der Waals surface area contributed by atoms with Crippen molar-refractivity contribution in [2.24, 2.45) is 0 Å². The van der Waals surface area contributed by atoms with Crippen LogP contribution in [0, 0.1) is 0 Å². The Labute approximate surface area is 61.2 Å². The quantitative estimate of drug-likeness (QED) is 0.538. The summed E-state index contributed by atoms with van der Waals surface area (Å²) in [6.07, 6.45) is 2.36. The number of piperidine rings is 1. The van der Waals surface area contributed by atoms with Gasteiger partial charge in [0, 0.05) is 12.1 Å². The van der Waals surface area contributed by atoms with Crippen LogP contribution >= 0.6 is 0 Å². The minimum absolute atomic E-state index is 0.494. The van der Waals surface area contributed by atoms with E-state index in [4.69, 9.17) is 0 Å².